The quantitative estimate of drug-likeness (QED) is 0.647. The molecule has 1 aliphatic rings. The number of hydrogen-bond donors (Lipinski definition) is 0. The van der Waals surface area contributed by atoms with Crippen molar-refractivity contribution in [1.82, 2.24) is 8.61 Å². The van der Waals surface area contributed by atoms with Crippen LogP contribution in [0.25, 0.3) is 0 Å². The Labute approximate surface area is 169 Å². The summed E-state index contributed by atoms with van der Waals surface area (Å²) in [6.07, 6.45) is 1.71. The number of rotatable bonds is 6. The summed E-state index contributed by atoms with van der Waals surface area (Å²) < 4.78 is 54.3. The lowest BCUT2D eigenvalue weighted by atomic mass is 10.2. The molecule has 0 aliphatic carbocycles. The van der Waals surface area contributed by atoms with Crippen LogP contribution in [0.1, 0.15) is 18.4 Å². The van der Waals surface area contributed by atoms with Gasteiger partial charge in [-0.3, -0.25) is 0 Å². The molecule has 1 aliphatic heterocycles. The highest BCUT2D eigenvalue weighted by molar-refractivity contribution is 9.10. The highest BCUT2D eigenvalue weighted by Gasteiger charge is 2.28. The van der Waals surface area contributed by atoms with Crippen molar-refractivity contribution >= 4 is 36.0 Å². The molecule has 1 heterocycles. The van der Waals surface area contributed by atoms with Gasteiger partial charge in [-0.25, -0.2) is 16.8 Å². The second-order valence-corrected chi connectivity index (χ2v) is 11.4. The highest BCUT2D eigenvalue weighted by atomic mass is 79.9. The second kappa shape index (κ2) is 8.00. The van der Waals surface area contributed by atoms with E-state index in [4.69, 9.17) is 0 Å². The van der Waals surface area contributed by atoms with E-state index in [1.165, 1.54) is 39.9 Å². The number of sulfonamides is 2. The lowest BCUT2D eigenvalue weighted by Crippen LogP contribution is -2.28. The fraction of sp³-hybridized carbons (Fsp3) is 0.333. The number of nitrogens with zero attached hydrogens (tertiary/aromatic N) is 2. The largest absolute Gasteiger partial charge is 0.243 e. The van der Waals surface area contributed by atoms with E-state index in [9.17, 15) is 16.8 Å². The molecule has 6 nitrogen and oxygen atoms in total. The summed E-state index contributed by atoms with van der Waals surface area (Å²) in [5.41, 5.74) is 0.859. The summed E-state index contributed by atoms with van der Waals surface area (Å²) in [5, 5.41) is 0. The Morgan fingerprint density at radius 2 is 1.41 bits per heavy atom. The summed E-state index contributed by atoms with van der Waals surface area (Å²) in [6.45, 7) is 1.25. The van der Waals surface area contributed by atoms with Gasteiger partial charge in [0.15, 0.2) is 0 Å². The van der Waals surface area contributed by atoms with Crippen LogP contribution >= 0.6 is 15.9 Å². The topological polar surface area (TPSA) is 74.8 Å². The third-order valence-electron chi connectivity index (χ3n) is 4.55. The highest BCUT2D eigenvalue weighted by Crippen LogP contribution is 2.24. The molecule has 0 spiro atoms. The molecule has 3 rings (SSSR count). The Hall–Kier alpha value is -1.26. The Bertz CT molecular complexity index is 998. The SMILES string of the molecule is CN(Cc1ccc(Br)cc1)S(=O)(=O)c1ccc(S(=O)(=O)N2CCCC2)cc1. The molecule has 9 heteroatoms. The van der Waals surface area contributed by atoms with Gasteiger partial charge in [-0.05, 0) is 54.8 Å². The Balaban J connectivity index is 1.79. The molecule has 27 heavy (non-hydrogen) atoms. The fourth-order valence-corrected chi connectivity index (χ4v) is 5.91. The zero-order chi connectivity index (χ0) is 19.7. The number of hydrogen-bond acceptors (Lipinski definition) is 4. The van der Waals surface area contributed by atoms with Gasteiger partial charge in [-0.15, -0.1) is 0 Å². The lowest BCUT2D eigenvalue weighted by Gasteiger charge is -2.18. The maximum atomic E-state index is 12.8. The van der Waals surface area contributed by atoms with Crippen molar-refractivity contribution in [2.75, 3.05) is 20.1 Å². The molecule has 2 aromatic rings. The van der Waals surface area contributed by atoms with E-state index < -0.39 is 20.0 Å². The molecule has 0 N–H and O–H groups in total. The molecule has 0 atom stereocenters. The number of halogens is 1. The second-order valence-electron chi connectivity index (χ2n) is 6.47. The van der Waals surface area contributed by atoms with Gasteiger partial charge in [0.25, 0.3) is 0 Å². The van der Waals surface area contributed by atoms with Crippen LogP contribution in [0.3, 0.4) is 0 Å². The molecule has 0 aromatic heterocycles. The van der Waals surface area contributed by atoms with E-state index in [0.717, 1.165) is 22.9 Å². The van der Waals surface area contributed by atoms with Gasteiger partial charge in [-0.1, -0.05) is 28.1 Å². The van der Waals surface area contributed by atoms with Gasteiger partial charge in [0.1, 0.15) is 0 Å². The van der Waals surface area contributed by atoms with Crippen LogP contribution in [0, 0.1) is 0 Å². The first kappa shape index (κ1) is 20.5. The minimum Gasteiger partial charge on any atom is -0.207 e. The van der Waals surface area contributed by atoms with E-state index in [2.05, 4.69) is 15.9 Å². The van der Waals surface area contributed by atoms with Crippen LogP contribution in [0.15, 0.2) is 62.8 Å². The van der Waals surface area contributed by atoms with Crippen molar-refractivity contribution in [3.63, 3.8) is 0 Å². The zero-order valence-electron chi connectivity index (χ0n) is 14.9. The van der Waals surface area contributed by atoms with Crippen molar-refractivity contribution < 1.29 is 16.8 Å². The molecule has 0 radical (unpaired) electrons. The van der Waals surface area contributed by atoms with Crippen LogP contribution in [-0.4, -0.2) is 45.6 Å². The first-order valence-electron chi connectivity index (χ1n) is 8.52. The average Bonchev–Trinajstić information content (AvgIpc) is 3.19. The van der Waals surface area contributed by atoms with E-state index in [1.54, 1.807) is 0 Å². The van der Waals surface area contributed by atoms with Crippen LogP contribution in [0.5, 0.6) is 0 Å². The molecule has 0 saturated carbocycles. The summed E-state index contributed by atoms with van der Waals surface area (Å²) in [5.74, 6) is 0. The molecule has 2 aromatic carbocycles. The van der Waals surface area contributed by atoms with Gasteiger partial charge in [0, 0.05) is 31.2 Å². The molecule has 146 valence electrons. The maximum Gasteiger partial charge on any atom is 0.243 e. The molecule has 0 amide bonds. The predicted molar refractivity (Wildman–Crippen MR) is 107 cm³/mol. The maximum absolute atomic E-state index is 12.8. The Kier molecular flexibility index (Phi) is 6.07. The van der Waals surface area contributed by atoms with Gasteiger partial charge in [0.2, 0.25) is 20.0 Å². The number of benzene rings is 2. The predicted octanol–water partition coefficient (Wildman–Crippen LogP) is 3.05. The van der Waals surface area contributed by atoms with Gasteiger partial charge < -0.3 is 0 Å². The fourth-order valence-electron chi connectivity index (χ4n) is 2.97. The minimum absolute atomic E-state index is 0.0717. The minimum atomic E-state index is -3.72. The summed E-state index contributed by atoms with van der Waals surface area (Å²) in [7, 11) is -5.76. The van der Waals surface area contributed by atoms with Crippen LogP contribution in [0.4, 0.5) is 0 Å². The van der Waals surface area contributed by atoms with Crippen molar-refractivity contribution in [2.45, 2.75) is 29.2 Å². The standard InChI is InChI=1S/C18H21BrN2O4S2/c1-20(14-15-4-6-16(19)7-5-15)26(22,23)17-8-10-18(11-9-17)27(24,25)21-12-2-3-13-21/h4-11H,2-3,12-14H2,1H3. The third kappa shape index (κ3) is 4.43. The molecule has 1 saturated heterocycles. The zero-order valence-corrected chi connectivity index (χ0v) is 18.1. The summed E-state index contributed by atoms with van der Waals surface area (Å²) >= 11 is 3.35. The lowest BCUT2D eigenvalue weighted by molar-refractivity contribution is 0.466. The van der Waals surface area contributed by atoms with Crippen LogP contribution in [-0.2, 0) is 26.6 Å². The third-order valence-corrected chi connectivity index (χ3v) is 8.81. The first-order chi connectivity index (χ1) is 12.7. The molecular formula is C18H21BrN2O4S2. The van der Waals surface area contributed by atoms with Crippen LogP contribution < -0.4 is 0 Å². The van der Waals surface area contributed by atoms with Gasteiger partial charge in [0.05, 0.1) is 9.79 Å². The molecular weight excluding hydrogens is 452 g/mol. The van der Waals surface area contributed by atoms with Crippen molar-refractivity contribution in [3.8, 4) is 0 Å². The Morgan fingerprint density at radius 1 is 0.889 bits per heavy atom. The van der Waals surface area contributed by atoms with E-state index >= 15 is 0 Å². The smallest absolute Gasteiger partial charge is 0.207 e. The summed E-state index contributed by atoms with van der Waals surface area (Å²) in [6, 6.07) is 12.9. The normalized spacial score (nSPS) is 16.1. The summed E-state index contributed by atoms with van der Waals surface area (Å²) in [4.78, 5) is 0.196. The monoisotopic (exact) mass is 472 g/mol. The van der Waals surface area contributed by atoms with Crippen molar-refractivity contribution in [1.29, 1.82) is 0 Å². The van der Waals surface area contributed by atoms with E-state index in [-0.39, 0.29) is 16.3 Å². The first-order valence-corrected chi connectivity index (χ1v) is 12.2. The van der Waals surface area contributed by atoms with Gasteiger partial charge in [-0.2, -0.15) is 8.61 Å². The van der Waals surface area contributed by atoms with Crippen molar-refractivity contribution in [2.24, 2.45) is 0 Å². The van der Waals surface area contributed by atoms with E-state index in [0.29, 0.717) is 13.1 Å². The van der Waals surface area contributed by atoms with E-state index in [1.807, 2.05) is 24.3 Å². The molecule has 1 fully saturated rings. The molecule has 0 bridgehead atoms. The van der Waals surface area contributed by atoms with Gasteiger partial charge >= 0.3 is 0 Å². The van der Waals surface area contributed by atoms with Crippen LogP contribution in [0.2, 0.25) is 0 Å². The average molecular weight is 473 g/mol. The Morgan fingerprint density at radius 3 is 1.96 bits per heavy atom. The molecule has 0 unspecified atom stereocenters. The van der Waals surface area contributed by atoms with Crippen molar-refractivity contribution in [3.05, 3.63) is 58.6 Å².